The van der Waals surface area contributed by atoms with E-state index in [1.807, 2.05) is 4.90 Å². The third-order valence-corrected chi connectivity index (χ3v) is 4.55. The van der Waals surface area contributed by atoms with Gasteiger partial charge in [-0.15, -0.1) is 0 Å². The van der Waals surface area contributed by atoms with Crippen molar-refractivity contribution in [3.63, 3.8) is 0 Å². The predicted molar refractivity (Wildman–Crippen MR) is 79.3 cm³/mol. The standard InChI is InChI=1S/C16H20N2O3/c1-11-6-7-12(10-15(11)18(20)21)16(19)17(14-8-9-14)13-4-2-3-5-13/h6-7,10,13-14H,2-5,8-9H2,1H3. The van der Waals surface area contributed by atoms with Gasteiger partial charge in [-0.25, -0.2) is 0 Å². The average molecular weight is 288 g/mol. The van der Waals surface area contributed by atoms with E-state index in [1.54, 1.807) is 19.1 Å². The van der Waals surface area contributed by atoms with Crippen LogP contribution in [0.2, 0.25) is 0 Å². The highest BCUT2D eigenvalue weighted by Gasteiger charge is 2.38. The van der Waals surface area contributed by atoms with Gasteiger partial charge >= 0.3 is 0 Å². The Kier molecular flexibility index (Phi) is 3.66. The minimum atomic E-state index is -0.414. The molecule has 0 aromatic heterocycles. The average Bonchev–Trinajstić information content (AvgIpc) is 3.13. The van der Waals surface area contributed by atoms with Crippen molar-refractivity contribution >= 4 is 11.6 Å². The summed E-state index contributed by atoms with van der Waals surface area (Å²) in [6, 6.07) is 5.49. The highest BCUT2D eigenvalue weighted by atomic mass is 16.6. The van der Waals surface area contributed by atoms with E-state index in [2.05, 4.69) is 0 Å². The highest BCUT2D eigenvalue weighted by Crippen LogP contribution is 2.36. The molecule has 21 heavy (non-hydrogen) atoms. The quantitative estimate of drug-likeness (QED) is 0.629. The molecule has 0 unspecified atom stereocenters. The Bertz CT molecular complexity index is 575. The van der Waals surface area contributed by atoms with Crippen LogP contribution >= 0.6 is 0 Å². The number of nitro benzene ring substituents is 1. The first-order chi connectivity index (χ1) is 10.1. The van der Waals surface area contributed by atoms with E-state index in [0.29, 0.717) is 23.2 Å². The number of benzene rings is 1. The van der Waals surface area contributed by atoms with Crippen molar-refractivity contribution in [3.05, 3.63) is 39.4 Å². The van der Waals surface area contributed by atoms with Gasteiger partial charge < -0.3 is 4.90 Å². The lowest BCUT2D eigenvalue weighted by atomic mass is 10.1. The summed E-state index contributed by atoms with van der Waals surface area (Å²) in [5.41, 5.74) is 1.07. The van der Waals surface area contributed by atoms with Gasteiger partial charge in [-0.1, -0.05) is 18.9 Å². The van der Waals surface area contributed by atoms with Crippen LogP contribution in [0.3, 0.4) is 0 Å². The molecule has 2 aliphatic carbocycles. The first-order valence-corrected chi connectivity index (χ1v) is 7.65. The van der Waals surface area contributed by atoms with Crippen LogP contribution in [0, 0.1) is 17.0 Å². The summed E-state index contributed by atoms with van der Waals surface area (Å²) < 4.78 is 0. The normalized spacial score (nSPS) is 18.7. The largest absolute Gasteiger partial charge is 0.333 e. The summed E-state index contributed by atoms with van der Waals surface area (Å²) in [5, 5.41) is 11.0. The second kappa shape index (κ2) is 5.47. The van der Waals surface area contributed by atoms with Crippen LogP contribution in [0.25, 0.3) is 0 Å². The molecule has 0 bridgehead atoms. The van der Waals surface area contributed by atoms with Crippen molar-refractivity contribution < 1.29 is 9.72 Å². The molecule has 1 aromatic carbocycles. The summed E-state index contributed by atoms with van der Waals surface area (Å²) in [6.45, 7) is 1.70. The maximum absolute atomic E-state index is 12.8. The fourth-order valence-electron chi connectivity index (χ4n) is 3.25. The van der Waals surface area contributed by atoms with E-state index in [0.717, 1.165) is 25.7 Å². The van der Waals surface area contributed by atoms with Gasteiger partial charge in [0.15, 0.2) is 0 Å². The molecule has 1 aromatic rings. The van der Waals surface area contributed by atoms with Crippen molar-refractivity contribution in [1.82, 2.24) is 4.90 Å². The first kappa shape index (κ1) is 14.0. The molecule has 0 spiro atoms. The van der Waals surface area contributed by atoms with E-state index in [1.165, 1.54) is 18.9 Å². The van der Waals surface area contributed by atoms with Crippen LogP contribution in [0.15, 0.2) is 18.2 Å². The van der Waals surface area contributed by atoms with E-state index < -0.39 is 4.92 Å². The Hall–Kier alpha value is -1.91. The molecule has 1 amide bonds. The molecule has 5 heteroatoms. The summed E-state index contributed by atoms with van der Waals surface area (Å²) in [6.07, 6.45) is 6.61. The molecule has 2 fully saturated rings. The lowest BCUT2D eigenvalue weighted by Gasteiger charge is -2.29. The molecule has 0 atom stereocenters. The minimum Gasteiger partial charge on any atom is -0.333 e. The molecule has 0 heterocycles. The number of amides is 1. The SMILES string of the molecule is Cc1ccc(C(=O)N(C2CCCC2)C2CC2)cc1[N+](=O)[O-]. The number of rotatable bonds is 4. The third kappa shape index (κ3) is 2.77. The minimum absolute atomic E-state index is 0.0306. The fraction of sp³-hybridized carbons (Fsp3) is 0.562. The maximum atomic E-state index is 12.8. The molecule has 0 N–H and O–H groups in total. The second-order valence-corrected chi connectivity index (χ2v) is 6.14. The molecule has 112 valence electrons. The van der Waals surface area contributed by atoms with E-state index >= 15 is 0 Å². The fourth-order valence-corrected chi connectivity index (χ4v) is 3.25. The van der Waals surface area contributed by atoms with Gasteiger partial charge in [0.2, 0.25) is 0 Å². The Morgan fingerprint density at radius 2 is 1.81 bits per heavy atom. The molecule has 3 rings (SSSR count). The molecule has 2 saturated carbocycles. The van der Waals surface area contributed by atoms with Crippen LogP contribution in [-0.4, -0.2) is 27.8 Å². The van der Waals surface area contributed by atoms with Crippen molar-refractivity contribution in [2.75, 3.05) is 0 Å². The van der Waals surface area contributed by atoms with E-state index in [-0.39, 0.29) is 11.6 Å². The number of nitro groups is 1. The summed E-state index contributed by atoms with van der Waals surface area (Å²) in [5.74, 6) is -0.0347. The van der Waals surface area contributed by atoms with Crippen LogP contribution in [-0.2, 0) is 0 Å². The maximum Gasteiger partial charge on any atom is 0.273 e. The van der Waals surface area contributed by atoms with E-state index in [4.69, 9.17) is 0 Å². The number of nitrogens with zero attached hydrogens (tertiary/aromatic N) is 2. The van der Waals surface area contributed by atoms with Gasteiger partial charge in [0.05, 0.1) is 4.92 Å². The summed E-state index contributed by atoms with van der Waals surface area (Å²) >= 11 is 0. The van der Waals surface area contributed by atoms with Crippen molar-refractivity contribution in [2.45, 2.75) is 57.5 Å². The van der Waals surface area contributed by atoms with Crippen molar-refractivity contribution in [3.8, 4) is 0 Å². The first-order valence-electron chi connectivity index (χ1n) is 7.65. The highest BCUT2D eigenvalue weighted by molar-refractivity contribution is 5.95. The van der Waals surface area contributed by atoms with Gasteiger partial charge in [-0.2, -0.15) is 0 Å². The van der Waals surface area contributed by atoms with Gasteiger partial charge in [-0.05, 0) is 38.7 Å². The second-order valence-electron chi connectivity index (χ2n) is 6.14. The van der Waals surface area contributed by atoms with Crippen LogP contribution in [0.4, 0.5) is 5.69 Å². The van der Waals surface area contributed by atoms with Crippen LogP contribution < -0.4 is 0 Å². The van der Waals surface area contributed by atoms with E-state index in [9.17, 15) is 14.9 Å². The number of aryl methyl sites for hydroxylation is 1. The molecule has 0 saturated heterocycles. The van der Waals surface area contributed by atoms with Gasteiger partial charge in [0.1, 0.15) is 0 Å². The molecular weight excluding hydrogens is 268 g/mol. The smallest absolute Gasteiger partial charge is 0.273 e. The Morgan fingerprint density at radius 3 is 2.38 bits per heavy atom. The number of hydrogen-bond donors (Lipinski definition) is 0. The predicted octanol–water partition coefficient (Wildman–Crippen LogP) is 3.45. The summed E-state index contributed by atoms with van der Waals surface area (Å²) in [4.78, 5) is 25.4. The Balaban J connectivity index is 1.89. The monoisotopic (exact) mass is 288 g/mol. The van der Waals surface area contributed by atoms with Gasteiger partial charge in [0.25, 0.3) is 11.6 Å². The Morgan fingerprint density at radius 1 is 1.19 bits per heavy atom. The Labute approximate surface area is 124 Å². The third-order valence-electron chi connectivity index (χ3n) is 4.55. The van der Waals surface area contributed by atoms with Crippen LogP contribution in [0.5, 0.6) is 0 Å². The number of carbonyl (C=O) groups is 1. The molecule has 2 aliphatic rings. The van der Waals surface area contributed by atoms with Crippen LogP contribution in [0.1, 0.15) is 54.4 Å². The van der Waals surface area contributed by atoms with Crippen molar-refractivity contribution in [2.24, 2.45) is 0 Å². The lowest BCUT2D eigenvalue weighted by Crippen LogP contribution is -2.40. The van der Waals surface area contributed by atoms with Gasteiger partial charge in [-0.3, -0.25) is 14.9 Å². The zero-order valence-corrected chi connectivity index (χ0v) is 12.2. The number of hydrogen-bond acceptors (Lipinski definition) is 3. The van der Waals surface area contributed by atoms with Crippen molar-refractivity contribution in [1.29, 1.82) is 0 Å². The topological polar surface area (TPSA) is 63.5 Å². The molecular formula is C16H20N2O3. The molecule has 0 aliphatic heterocycles. The molecule has 5 nitrogen and oxygen atoms in total. The number of carbonyl (C=O) groups excluding carboxylic acids is 1. The summed E-state index contributed by atoms with van der Waals surface area (Å²) in [7, 11) is 0. The zero-order chi connectivity index (χ0) is 15.0. The van der Waals surface area contributed by atoms with Gasteiger partial charge in [0, 0.05) is 29.3 Å². The zero-order valence-electron chi connectivity index (χ0n) is 12.2. The molecule has 0 radical (unpaired) electrons. The lowest BCUT2D eigenvalue weighted by molar-refractivity contribution is -0.385.